The third-order valence-corrected chi connectivity index (χ3v) is 4.66. The number of carbonyl (C=O) groups is 2. The molecule has 19 heavy (non-hydrogen) atoms. The van der Waals surface area contributed by atoms with E-state index in [9.17, 15) is 14.7 Å². The number of carboxylic acids is 1. The zero-order chi connectivity index (χ0) is 13.9. The number of nitrogens with one attached hydrogen (secondary N) is 2. The van der Waals surface area contributed by atoms with E-state index in [1.54, 1.807) is 0 Å². The lowest BCUT2D eigenvalue weighted by Gasteiger charge is -2.36. The van der Waals surface area contributed by atoms with Gasteiger partial charge < -0.3 is 15.7 Å². The van der Waals surface area contributed by atoms with Gasteiger partial charge in [-0.05, 0) is 51.0 Å². The third kappa shape index (κ3) is 3.26. The number of hydrogen-bond donors (Lipinski definition) is 3. The molecule has 1 unspecified atom stereocenters. The monoisotopic (exact) mass is 268 g/mol. The standard InChI is InChI=1S/C14H24N2O3/c1-10-4-6-14(7-5-10,13(18)19)9-16-12(17)11-3-2-8-15-11/h10-11,15H,2-9H2,1H3,(H,16,17)(H,18,19). The van der Waals surface area contributed by atoms with Crippen LogP contribution < -0.4 is 10.6 Å². The molecule has 0 aromatic rings. The quantitative estimate of drug-likeness (QED) is 0.714. The van der Waals surface area contributed by atoms with Gasteiger partial charge >= 0.3 is 5.97 Å². The van der Waals surface area contributed by atoms with Crippen LogP contribution in [0.3, 0.4) is 0 Å². The van der Waals surface area contributed by atoms with Crippen molar-refractivity contribution in [3.05, 3.63) is 0 Å². The molecule has 0 aromatic heterocycles. The van der Waals surface area contributed by atoms with Crippen molar-refractivity contribution in [2.45, 2.75) is 51.5 Å². The first kappa shape index (κ1) is 14.3. The van der Waals surface area contributed by atoms with Gasteiger partial charge in [-0.3, -0.25) is 9.59 Å². The Morgan fingerprint density at radius 2 is 2.00 bits per heavy atom. The van der Waals surface area contributed by atoms with Gasteiger partial charge in [0.25, 0.3) is 0 Å². The summed E-state index contributed by atoms with van der Waals surface area (Å²) in [5, 5.41) is 15.5. The Morgan fingerprint density at radius 1 is 1.32 bits per heavy atom. The number of rotatable bonds is 4. The van der Waals surface area contributed by atoms with Crippen LogP contribution >= 0.6 is 0 Å². The van der Waals surface area contributed by atoms with Gasteiger partial charge in [0.05, 0.1) is 11.5 Å². The Bertz CT molecular complexity index is 343. The summed E-state index contributed by atoms with van der Waals surface area (Å²) in [6.07, 6.45) is 5.07. The van der Waals surface area contributed by atoms with Gasteiger partial charge in [-0.15, -0.1) is 0 Å². The third-order valence-electron chi connectivity index (χ3n) is 4.66. The highest BCUT2D eigenvalue weighted by Gasteiger charge is 2.41. The molecule has 1 saturated heterocycles. The maximum Gasteiger partial charge on any atom is 0.311 e. The average Bonchev–Trinajstić information content (AvgIpc) is 2.92. The van der Waals surface area contributed by atoms with E-state index in [2.05, 4.69) is 17.6 Å². The number of hydrogen-bond acceptors (Lipinski definition) is 3. The predicted octanol–water partition coefficient (Wildman–Crippen LogP) is 1.14. The van der Waals surface area contributed by atoms with Gasteiger partial charge in [0.15, 0.2) is 0 Å². The first-order chi connectivity index (χ1) is 9.03. The van der Waals surface area contributed by atoms with E-state index in [-0.39, 0.29) is 18.5 Å². The first-order valence-electron chi connectivity index (χ1n) is 7.28. The summed E-state index contributed by atoms with van der Waals surface area (Å²) in [6.45, 7) is 3.30. The van der Waals surface area contributed by atoms with Crippen molar-refractivity contribution < 1.29 is 14.7 Å². The molecule has 5 heteroatoms. The summed E-state index contributed by atoms with van der Waals surface area (Å²) in [5.41, 5.74) is -0.749. The minimum absolute atomic E-state index is 0.0447. The fourth-order valence-corrected chi connectivity index (χ4v) is 3.07. The molecule has 1 aliphatic carbocycles. The molecule has 1 saturated carbocycles. The lowest BCUT2D eigenvalue weighted by atomic mass is 9.71. The number of carboxylic acid groups (broad SMARTS) is 1. The molecule has 0 spiro atoms. The van der Waals surface area contributed by atoms with Crippen LogP contribution in [0.25, 0.3) is 0 Å². The molecule has 0 bridgehead atoms. The molecular formula is C14H24N2O3. The lowest BCUT2D eigenvalue weighted by Crippen LogP contribution is -2.49. The number of aliphatic carboxylic acids is 1. The molecule has 0 aromatic carbocycles. The Balaban J connectivity index is 1.90. The van der Waals surface area contributed by atoms with Gasteiger partial charge in [0.2, 0.25) is 5.91 Å². The Morgan fingerprint density at radius 3 is 2.53 bits per heavy atom. The summed E-state index contributed by atoms with van der Waals surface area (Å²) in [6, 6.07) is -0.131. The number of amides is 1. The SMILES string of the molecule is CC1CCC(CNC(=O)C2CCCN2)(C(=O)O)CC1. The molecule has 1 aliphatic heterocycles. The van der Waals surface area contributed by atoms with E-state index in [1.165, 1.54) is 0 Å². The summed E-state index contributed by atoms with van der Waals surface area (Å²) in [7, 11) is 0. The van der Waals surface area contributed by atoms with E-state index in [1.807, 2.05) is 0 Å². The van der Waals surface area contributed by atoms with Crippen molar-refractivity contribution in [3.63, 3.8) is 0 Å². The van der Waals surface area contributed by atoms with Crippen molar-refractivity contribution in [2.24, 2.45) is 11.3 Å². The van der Waals surface area contributed by atoms with E-state index in [0.717, 1.165) is 32.2 Å². The van der Waals surface area contributed by atoms with Crippen LogP contribution in [0.4, 0.5) is 0 Å². The second kappa shape index (κ2) is 5.90. The van der Waals surface area contributed by atoms with Crippen LogP contribution in [0.5, 0.6) is 0 Å². The molecule has 1 heterocycles. The van der Waals surface area contributed by atoms with Crippen LogP contribution in [0.15, 0.2) is 0 Å². The first-order valence-corrected chi connectivity index (χ1v) is 7.28. The van der Waals surface area contributed by atoms with E-state index in [0.29, 0.717) is 18.8 Å². The average molecular weight is 268 g/mol. The fourth-order valence-electron chi connectivity index (χ4n) is 3.07. The van der Waals surface area contributed by atoms with Gasteiger partial charge in [-0.25, -0.2) is 0 Å². The Kier molecular flexibility index (Phi) is 4.45. The largest absolute Gasteiger partial charge is 0.481 e. The molecule has 2 aliphatic rings. The van der Waals surface area contributed by atoms with Gasteiger partial charge in [-0.1, -0.05) is 6.92 Å². The molecule has 0 radical (unpaired) electrons. The topological polar surface area (TPSA) is 78.4 Å². The van der Waals surface area contributed by atoms with Gasteiger partial charge in [-0.2, -0.15) is 0 Å². The molecule has 2 rings (SSSR count). The second-order valence-corrected chi connectivity index (χ2v) is 6.13. The smallest absolute Gasteiger partial charge is 0.311 e. The highest BCUT2D eigenvalue weighted by Crippen LogP contribution is 2.38. The number of carbonyl (C=O) groups excluding carboxylic acids is 1. The fraction of sp³-hybridized carbons (Fsp3) is 0.857. The van der Waals surface area contributed by atoms with Crippen molar-refractivity contribution in [3.8, 4) is 0 Å². The highest BCUT2D eigenvalue weighted by molar-refractivity contribution is 5.83. The van der Waals surface area contributed by atoms with E-state index in [4.69, 9.17) is 0 Å². The van der Waals surface area contributed by atoms with E-state index >= 15 is 0 Å². The zero-order valence-electron chi connectivity index (χ0n) is 11.6. The van der Waals surface area contributed by atoms with Crippen LogP contribution in [0.1, 0.15) is 45.4 Å². The van der Waals surface area contributed by atoms with Crippen molar-refractivity contribution in [2.75, 3.05) is 13.1 Å². The summed E-state index contributed by atoms with van der Waals surface area (Å²) in [4.78, 5) is 23.5. The van der Waals surface area contributed by atoms with Crippen LogP contribution in [-0.2, 0) is 9.59 Å². The van der Waals surface area contributed by atoms with E-state index < -0.39 is 11.4 Å². The molecular weight excluding hydrogens is 244 g/mol. The van der Waals surface area contributed by atoms with Crippen LogP contribution in [0.2, 0.25) is 0 Å². The van der Waals surface area contributed by atoms with Crippen molar-refractivity contribution in [1.82, 2.24) is 10.6 Å². The molecule has 2 fully saturated rings. The summed E-state index contributed by atoms with van der Waals surface area (Å²) < 4.78 is 0. The minimum Gasteiger partial charge on any atom is -0.481 e. The lowest BCUT2D eigenvalue weighted by molar-refractivity contribution is -0.151. The normalized spacial score (nSPS) is 35.0. The minimum atomic E-state index is -0.765. The van der Waals surface area contributed by atoms with Crippen molar-refractivity contribution >= 4 is 11.9 Å². The second-order valence-electron chi connectivity index (χ2n) is 6.13. The Labute approximate surface area is 114 Å². The summed E-state index contributed by atoms with van der Waals surface area (Å²) in [5.74, 6) is -0.212. The zero-order valence-corrected chi connectivity index (χ0v) is 11.6. The molecule has 3 N–H and O–H groups in total. The van der Waals surface area contributed by atoms with Crippen LogP contribution in [0, 0.1) is 11.3 Å². The molecule has 108 valence electrons. The van der Waals surface area contributed by atoms with Crippen LogP contribution in [-0.4, -0.2) is 36.1 Å². The summed E-state index contributed by atoms with van der Waals surface area (Å²) >= 11 is 0. The molecule has 1 amide bonds. The highest BCUT2D eigenvalue weighted by atomic mass is 16.4. The molecule has 5 nitrogen and oxygen atoms in total. The van der Waals surface area contributed by atoms with Gasteiger partial charge in [0, 0.05) is 6.54 Å². The maximum absolute atomic E-state index is 12.0. The maximum atomic E-state index is 12.0. The van der Waals surface area contributed by atoms with Gasteiger partial charge in [0.1, 0.15) is 0 Å². The Hall–Kier alpha value is -1.10. The molecule has 1 atom stereocenters. The predicted molar refractivity (Wildman–Crippen MR) is 71.7 cm³/mol. The van der Waals surface area contributed by atoms with Crippen molar-refractivity contribution in [1.29, 1.82) is 0 Å².